The van der Waals surface area contributed by atoms with Gasteiger partial charge in [-0.1, -0.05) is 13.8 Å². The van der Waals surface area contributed by atoms with Gasteiger partial charge < -0.3 is 5.32 Å². The Labute approximate surface area is 111 Å². The van der Waals surface area contributed by atoms with Crippen molar-refractivity contribution in [3.8, 4) is 0 Å². The van der Waals surface area contributed by atoms with Crippen molar-refractivity contribution in [1.82, 2.24) is 5.32 Å². The lowest BCUT2D eigenvalue weighted by Gasteiger charge is -2.16. The molecule has 3 atom stereocenters. The first kappa shape index (κ1) is 12.6. The van der Waals surface area contributed by atoms with E-state index in [0.29, 0.717) is 6.04 Å². The van der Waals surface area contributed by atoms with Crippen LogP contribution in [0.25, 0.3) is 0 Å². The van der Waals surface area contributed by atoms with E-state index in [4.69, 9.17) is 0 Å². The van der Waals surface area contributed by atoms with Gasteiger partial charge in [0.2, 0.25) is 0 Å². The van der Waals surface area contributed by atoms with E-state index in [1.54, 1.807) is 0 Å². The lowest BCUT2D eigenvalue weighted by atomic mass is 10.1. The van der Waals surface area contributed by atoms with Crippen LogP contribution in [0, 0.1) is 18.8 Å². The molecule has 16 heavy (non-hydrogen) atoms. The molecule has 3 heteroatoms. The molecule has 0 saturated heterocycles. The predicted octanol–water partition coefficient (Wildman–Crippen LogP) is 4.52. The van der Waals surface area contributed by atoms with Crippen LogP contribution in [0.3, 0.4) is 0 Å². The van der Waals surface area contributed by atoms with Crippen LogP contribution in [0.15, 0.2) is 9.85 Å². The molecule has 1 fully saturated rings. The second kappa shape index (κ2) is 5.19. The van der Waals surface area contributed by atoms with Gasteiger partial charge in [-0.3, -0.25) is 0 Å². The third-order valence-electron chi connectivity index (χ3n) is 3.40. The number of aryl methyl sites for hydroxylation is 1. The van der Waals surface area contributed by atoms with E-state index in [-0.39, 0.29) is 0 Å². The molecule has 1 nitrogen and oxygen atoms in total. The van der Waals surface area contributed by atoms with Crippen molar-refractivity contribution in [3.05, 3.63) is 20.3 Å². The third-order valence-corrected chi connectivity index (χ3v) is 5.62. The zero-order valence-corrected chi connectivity index (χ0v) is 12.6. The smallest absolute Gasteiger partial charge is 0.0731 e. The molecule has 0 radical (unpaired) electrons. The van der Waals surface area contributed by atoms with Crippen molar-refractivity contribution in [2.24, 2.45) is 11.8 Å². The van der Waals surface area contributed by atoms with E-state index in [9.17, 15) is 0 Å². The summed E-state index contributed by atoms with van der Waals surface area (Å²) in [6.07, 6.45) is 2.60. The Hall–Kier alpha value is 0.140. The van der Waals surface area contributed by atoms with Gasteiger partial charge in [0.15, 0.2) is 0 Å². The van der Waals surface area contributed by atoms with Crippen molar-refractivity contribution in [3.63, 3.8) is 0 Å². The molecule has 1 aliphatic rings. The molecule has 1 aromatic rings. The number of rotatable bonds is 5. The molecule has 1 heterocycles. The maximum atomic E-state index is 3.71. The minimum Gasteiger partial charge on any atom is -0.309 e. The van der Waals surface area contributed by atoms with E-state index in [1.807, 2.05) is 11.3 Å². The maximum absolute atomic E-state index is 3.71. The van der Waals surface area contributed by atoms with Crippen molar-refractivity contribution >= 4 is 27.3 Å². The minimum atomic E-state index is 0.588. The van der Waals surface area contributed by atoms with Crippen LogP contribution >= 0.6 is 27.3 Å². The highest BCUT2D eigenvalue weighted by atomic mass is 79.9. The summed E-state index contributed by atoms with van der Waals surface area (Å²) in [5, 5.41) is 3.71. The summed E-state index contributed by atoms with van der Waals surface area (Å²) >= 11 is 5.53. The fraction of sp³-hybridized carbons (Fsp3) is 0.692. The summed E-state index contributed by atoms with van der Waals surface area (Å²) in [6.45, 7) is 7.90. The summed E-state index contributed by atoms with van der Waals surface area (Å²) in [5.41, 5.74) is 1.37. The zero-order chi connectivity index (χ0) is 11.7. The van der Waals surface area contributed by atoms with E-state index in [2.05, 4.69) is 48.1 Å². The van der Waals surface area contributed by atoms with E-state index in [1.165, 1.54) is 27.1 Å². The Kier molecular flexibility index (Phi) is 4.09. The van der Waals surface area contributed by atoms with E-state index in [0.717, 1.165) is 18.4 Å². The van der Waals surface area contributed by atoms with Crippen molar-refractivity contribution in [2.45, 2.75) is 39.7 Å². The Morgan fingerprint density at radius 1 is 1.62 bits per heavy atom. The first-order valence-corrected chi connectivity index (χ1v) is 7.73. The predicted molar refractivity (Wildman–Crippen MR) is 75.1 cm³/mol. The highest BCUT2D eigenvalue weighted by Gasteiger charge is 2.40. The van der Waals surface area contributed by atoms with Crippen LogP contribution in [-0.4, -0.2) is 6.54 Å². The Morgan fingerprint density at radius 2 is 2.31 bits per heavy atom. The van der Waals surface area contributed by atoms with Gasteiger partial charge in [0.05, 0.1) is 3.79 Å². The lowest BCUT2D eigenvalue weighted by molar-refractivity contribution is 0.469. The normalized spacial score (nSPS) is 25.8. The molecule has 3 unspecified atom stereocenters. The first-order valence-electron chi connectivity index (χ1n) is 6.12. The molecule has 1 saturated carbocycles. The fourth-order valence-electron chi connectivity index (χ4n) is 2.21. The molecule has 2 rings (SSSR count). The zero-order valence-electron chi connectivity index (χ0n) is 10.2. The number of halogens is 1. The second-order valence-electron chi connectivity index (χ2n) is 4.91. The van der Waals surface area contributed by atoms with Crippen molar-refractivity contribution in [2.75, 3.05) is 6.54 Å². The Balaban J connectivity index is 2.11. The molecule has 90 valence electrons. The molecule has 1 aliphatic carbocycles. The Bertz CT molecular complexity index is 341. The van der Waals surface area contributed by atoms with Crippen LogP contribution < -0.4 is 5.32 Å². The van der Waals surface area contributed by atoms with Crippen LogP contribution in [0.4, 0.5) is 0 Å². The van der Waals surface area contributed by atoms with Crippen LogP contribution in [0.1, 0.15) is 43.2 Å². The van der Waals surface area contributed by atoms with Gasteiger partial charge >= 0.3 is 0 Å². The van der Waals surface area contributed by atoms with Crippen LogP contribution in [0.5, 0.6) is 0 Å². The van der Waals surface area contributed by atoms with Gasteiger partial charge in [0.1, 0.15) is 0 Å². The molecular formula is C13H20BrNS. The van der Waals surface area contributed by atoms with Gasteiger partial charge in [-0.05, 0) is 65.7 Å². The summed E-state index contributed by atoms with van der Waals surface area (Å²) in [4.78, 5) is 1.51. The fourth-order valence-corrected chi connectivity index (χ4v) is 3.94. The largest absolute Gasteiger partial charge is 0.309 e. The molecule has 0 aromatic carbocycles. The summed E-state index contributed by atoms with van der Waals surface area (Å²) in [6, 6.07) is 2.93. The first-order chi connectivity index (χ1) is 7.63. The van der Waals surface area contributed by atoms with Crippen molar-refractivity contribution in [1.29, 1.82) is 0 Å². The standard InChI is InChI=1S/C13H20BrNS/c1-4-5-15-12(10-6-8(10)2)11-7-9(3)13(14)16-11/h7-8,10,12,15H,4-6H2,1-3H3. The molecule has 0 bridgehead atoms. The van der Waals surface area contributed by atoms with Gasteiger partial charge in [0.25, 0.3) is 0 Å². The lowest BCUT2D eigenvalue weighted by Crippen LogP contribution is -2.23. The SMILES string of the molecule is CCCNC(c1cc(C)c(Br)s1)C1CC1C. The van der Waals surface area contributed by atoms with Gasteiger partial charge in [0, 0.05) is 10.9 Å². The number of hydrogen-bond donors (Lipinski definition) is 1. The van der Waals surface area contributed by atoms with Crippen molar-refractivity contribution < 1.29 is 0 Å². The van der Waals surface area contributed by atoms with Crippen LogP contribution in [-0.2, 0) is 0 Å². The maximum Gasteiger partial charge on any atom is 0.0731 e. The van der Waals surface area contributed by atoms with E-state index < -0.39 is 0 Å². The molecule has 0 aliphatic heterocycles. The summed E-state index contributed by atoms with van der Waals surface area (Å²) in [5.74, 6) is 1.76. The van der Waals surface area contributed by atoms with Gasteiger partial charge in [-0.25, -0.2) is 0 Å². The molecule has 1 aromatic heterocycles. The quantitative estimate of drug-likeness (QED) is 0.843. The topological polar surface area (TPSA) is 12.0 Å². The average Bonchev–Trinajstić information content (AvgIpc) is 2.86. The third kappa shape index (κ3) is 2.69. The number of hydrogen-bond acceptors (Lipinski definition) is 2. The van der Waals surface area contributed by atoms with Gasteiger partial charge in [-0.2, -0.15) is 0 Å². The second-order valence-corrected chi connectivity index (χ2v) is 7.32. The summed E-state index contributed by atoms with van der Waals surface area (Å²) in [7, 11) is 0. The van der Waals surface area contributed by atoms with E-state index >= 15 is 0 Å². The number of nitrogens with one attached hydrogen (secondary N) is 1. The molecule has 1 N–H and O–H groups in total. The average molecular weight is 302 g/mol. The highest BCUT2D eigenvalue weighted by Crippen LogP contribution is 2.49. The molecule has 0 amide bonds. The minimum absolute atomic E-state index is 0.588. The molecule has 0 spiro atoms. The summed E-state index contributed by atoms with van der Waals surface area (Å²) < 4.78 is 1.29. The van der Waals surface area contributed by atoms with Gasteiger partial charge in [-0.15, -0.1) is 11.3 Å². The van der Waals surface area contributed by atoms with Crippen LogP contribution in [0.2, 0.25) is 0 Å². The Morgan fingerprint density at radius 3 is 2.75 bits per heavy atom. The monoisotopic (exact) mass is 301 g/mol. The highest BCUT2D eigenvalue weighted by molar-refractivity contribution is 9.11. The molecular weight excluding hydrogens is 282 g/mol. The number of thiophene rings is 1.